The summed E-state index contributed by atoms with van der Waals surface area (Å²) >= 11 is 0. The van der Waals surface area contributed by atoms with E-state index in [4.69, 9.17) is 0 Å². The van der Waals surface area contributed by atoms with E-state index in [0.717, 1.165) is 6.20 Å². The first-order chi connectivity index (χ1) is 9.60. The standard InChI is InChI=1S/C13H10FN3O3/c14-11-3-1-9(2-4-11)7-17-8-10(5-6-15-20)12(18)16-13(17)19/h1-6,8H,7H2,(H,16,18,19)/b6-5+. The number of aromatic amines is 1. The zero-order valence-corrected chi connectivity index (χ0v) is 10.2. The van der Waals surface area contributed by atoms with Gasteiger partial charge in [-0.25, -0.2) is 9.18 Å². The lowest BCUT2D eigenvalue weighted by Crippen LogP contribution is -2.31. The Labute approximate surface area is 112 Å². The lowest BCUT2D eigenvalue weighted by atomic mass is 10.2. The average molecular weight is 275 g/mol. The molecule has 2 aromatic rings. The van der Waals surface area contributed by atoms with Crippen molar-refractivity contribution in [3.05, 3.63) is 79.4 Å². The third kappa shape index (κ3) is 3.14. The van der Waals surface area contributed by atoms with Crippen LogP contribution >= 0.6 is 0 Å². The fourth-order valence-electron chi connectivity index (χ4n) is 1.66. The Bertz CT molecular complexity index is 760. The number of nitroso groups, excluding NO2 is 1. The van der Waals surface area contributed by atoms with E-state index >= 15 is 0 Å². The van der Waals surface area contributed by atoms with E-state index in [0.29, 0.717) is 5.56 Å². The van der Waals surface area contributed by atoms with Crippen molar-refractivity contribution in [3.63, 3.8) is 0 Å². The first-order valence-electron chi connectivity index (χ1n) is 5.67. The maximum absolute atomic E-state index is 12.8. The number of aromatic nitrogens is 2. The number of hydrogen-bond donors (Lipinski definition) is 1. The van der Waals surface area contributed by atoms with Crippen LogP contribution in [-0.4, -0.2) is 9.55 Å². The van der Waals surface area contributed by atoms with Gasteiger partial charge in [-0.05, 0) is 28.9 Å². The number of nitrogens with one attached hydrogen (secondary N) is 1. The lowest BCUT2D eigenvalue weighted by molar-refractivity contribution is 0.625. The third-order valence-electron chi connectivity index (χ3n) is 2.62. The zero-order chi connectivity index (χ0) is 14.5. The number of rotatable bonds is 4. The number of benzene rings is 1. The van der Waals surface area contributed by atoms with Gasteiger partial charge in [0, 0.05) is 6.20 Å². The molecule has 1 heterocycles. The molecule has 0 spiro atoms. The molecule has 0 aliphatic carbocycles. The largest absolute Gasteiger partial charge is 0.328 e. The zero-order valence-electron chi connectivity index (χ0n) is 10.2. The fourth-order valence-corrected chi connectivity index (χ4v) is 1.66. The molecule has 1 N–H and O–H groups in total. The van der Waals surface area contributed by atoms with Crippen LogP contribution in [0.1, 0.15) is 11.1 Å². The van der Waals surface area contributed by atoms with Gasteiger partial charge >= 0.3 is 5.69 Å². The van der Waals surface area contributed by atoms with Crippen LogP contribution < -0.4 is 11.2 Å². The van der Waals surface area contributed by atoms with Crippen LogP contribution in [0.5, 0.6) is 0 Å². The van der Waals surface area contributed by atoms with E-state index in [1.165, 1.54) is 41.1 Å². The summed E-state index contributed by atoms with van der Waals surface area (Å²) < 4.78 is 14.0. The van der Waals surface area contributed by atoms with Gasteiger partial charge in [0.2, 0.25) is 0 Å². The molecular formula is C13H10FN3O3. The molecule has 0 unspecified atom stereocenters. The van der Waals surface area contributed by atoms with Crippen LogP contribution in [0.15, 0.2) is 51.4 Å². The molecule has 7 heteroatoms. The second-order valence-corrected chi connectivity index (χ2v) is 4.02. The average Bonchev–Trinajstić information content (AvgIpc) is 2.43. The van der Waals surface area contributed by atoms with Crippen molar-refractivity contribution in [1.82, 2.24) is 9.55 Å². The molecule has 6 nitrogen and oxygen atoms in total. The summed E-state index contributed by atoms with van der Waals surface area (Å²) in [7, 11) is 0. The molecule has 2 rings (SSSR count). The summed E-state index contributed by atoms with van der Waals surface area (Å²) in [6.07, 6.45) is 3.43. The van der Waals surface area contributed by atoms with Crippen molar-refractivity contribution in [2.75, 3.05) is 0 Å². The smallest absolute Gasteiger partial charge is 0.296 e. The highest BCUT2D eigenvalue weighted by Gasteiger charge is 2.03. The molecule has 0 amide bonds. The van der Waals surface area contributed by atoms with Gasteiger partial charge in [-0.3, -0.25) is 14.3 Å². The van der Waals surface area contributed by atoms with Gasteiger partial charge < -0.3 is 0 Å². The molecule has 0 atom stereocenters. The van der Waals surface area contributed by atoms with Crippen molar-refractivity contribution < 1.29 is 4.39 Å². The SMILES string of the molecule is O=N/C=C/c1cn(Cc2ccc(F)cc2)c(=O)[nH]c1=O. The fraction of sp³-hybridized carbons (Fsp3) is 0.0769. The van der Waals surface area contributed by atoms with E-state index in [-0.39, 0.29) is 17.9 Å². The summed E-state index contributed by atoms with van der Waals surface area (Å²) in [5.74, 6) is -0.372. The predicted molar refractivity (Wildman–Crippen MR) is 71.7 cm³/mol. The Morgan fingerprint density at radius 2 is 1.95 bits per heavy atom. The maximum Gasteiger partial charge on any atom is 0.328 e. The van der Waals surface area contributed by atoms with Crippen molar-refractivity contribution in [1.29, 1.82) is 0 Å². The molecule has 20 heavy (non-hydrogen) atoms. The minimum Gasteiger partial charge on any atom is -0.296 e. The minimum absolute atomic E-state index is 0.131. The van der Waals surface area contributed by atoms with Crippen LogP contribution in [0.4, 0.5) is 4.39 Å². The second-order valence-electron chi connectivity index (χ2n) is 4.02. The second kappa shape index (κ2) is 5.87. The Hall–Kier alpha value is -2.83. The Morgan fingerprint density at radius 1 is 1.25 bits per heavy atom. The van der Waals surface area contributed by atoms with E-state index < -0.39 is 11.2 Å². The van der Waals surface area contributed by atoms with Gasteiger partial charge in [-0.1, -0.05) is 12.1 Å². The molecule has 1 aromatic heterocycles. The molecule has 102 valence electrons. The molecule has 0 saturated heterocycles. The minimum atomic E-state index is -0.606. The van der Waals surface area contributed by atoms with Crippen molar-refractivity contribution in [2.24, 2.45) is 5.18 Å². The Morgan fingerprint density at radius 3 is 2.60 bits per heavy atom. The predicted octanol–water partition coefficient (Wildman–Crippen LogP) is 1.46. The van der Waals surface area contributed by atoms with Crippen LogP contribution in [0.25, 0.3) is 6.08 Å². The van der Waals surface area contributed by atoms with Crippen LogP contribution in [0, 0.1) is 10.7 Å². The first-order valence-corrected chi connectivity index (χ1v) is 5.67. The molecule has 0 aliphatic rings. The van der Waals surface area contributed by atoms with Crippen molar-refractivity contribution >= 4 is 6.08 Å². The Balaban J connectivity index is 2.38. The van der Waals surface area contributed by atoms with Gasteiger partial charge in [0.15, 0.2) is 0 Å². The molecule has 1 aromatic carbocycles. The van der Waals surface area contributed by atoms with E-state index in [1.54, 1.807) is 0 Å². The highest BCUT2D eigenvalue weighted by Crippen LogP contribution is 2.04. The topological polar surface area (TPSA) is 84.3 Å². The van der Waals surface area contributed by atoms with E-state index in [9.17, 15) is 18.9 Å². The van der Waals surface area contributed by atoms with E-state index in [2.05, 4.69) is 10.2 Å². The summed E-state index contributed by atoms with van der Waals surface area (Å²) in [6.45, 7) is 0.172. The molecule has 0 bridgehead atoms. The van der Waals surface area contributed by atoms with E-state index in [1.807, 2.05) is 0 Å². The summed E-state index contributed by atoms with van der Waals surface area (Å²) in [4.78, 5) is 35.3. The number of hydrogen-bond acceptors (Lipinski definition) is 4. The maximum atomic E-state index is 12.8. The molecule has 0 radical (unpaired) electrons. The number of nitrogens with zero attached hydrogens (tertiary/aromatic N) is 2. The highest BCUT2D eigenvalue weighted by molar-refractivity contribution is 5.45. The van der Waals surface area contributed by atoms with Crippen molar-refractivity contribution in [3.8, 4) is 0 Å². The summed E-state index contributed by atoms with van der Waals surface area (Å²) in [6, 6.07) is 5.64. The van der Waals surface area contributed by atoms with Crippen molar-refractivity contribution in [2.45, 2.75) is 6.54 Å². The quantitative estimate of drug-likeness (QED) is 0.857. The first kappa shape index (κ1) is 13.6. The number of H-pyrrole nitrogens is 1. The normalized spacial score (nSPS) is 10.8. The molecular weight excluding hydrogens is 265 g/mol. The molecule has 0 aliphatic heterocycles. The van der Waals surface area contributed by atoms with Crippen LogP contribution in [0.2, 0.25) is 0 Å². The highest BCUT2D eigenvalue weighted by atomic mass is 19.1. The monoisotopic (exact) mass is 275 g/mol. The van der Waals surface area contributed by atoms with Crippen LogP contribution in [-0.2, 0) is 6.54 Å². The van der Waals surface area contributed by atoms with Crippen LogP contribution in [0.3, 0.4) is 0 Å². The number of halogens is 1. The van der Waals surface area contributed by atoms with Gasteiger partial charge in [-0.2, -0.15) is 0 Å². The summed E-state index contributed by atoms with van der Waals surface area (Å²) in [5.41, 5.74) is -0.365. The lowest BCUT2D eigenvalue weighted by Gasteiger charge is -2.06. The summed E-state index contributed by atoms with van der Waals surface area (Å²) in [5, 5.41) is 2.51. The molecule has 0 fully saturated rings. The Kier molecular flexibility index (Phi) is 3.99. The van der Waals surface area contributed by atoms with Gasteiger partial charge in [0.05, 0.1) is 18.3 Å². The van der Waals surface area contributed by atoms with Gasteiger partial charge in [0.1, 0.15) is 5.82 Å². The molecule has 0 saturated carbocycles. The van der Waals surface area contributed by atoms with Gasteiger partial charge in [0.25, 0.3) is 5.56 Å². The van der Waals surface area contributed by atoms with Gasteiger partial charge in [-0.15, -0.1) is 4.91 Å². The third-order valence-corrected chi connectivity index (χ3v) is 2.62.